The number of likely N-dealkylation sites (tertiary alicyclic amines) is 1. The lowest BCUT2D eigenvalue weighted by Crippen LogP contribution is -2.43. The third kappa shape index (κ3) is 2.97. The number of amides is 1. The number of anilines is 1. The number of fused-ring (bicyclic) bond motifs is 1. The van der Waals surface area contributed by atoms with E-state index < -0.39 is 12.2 Å². The molecule has 1 saturated carbocycles. The molecule has 3 heterocycles. The van der Waals surface area contributed by atoms with Gasteiger partial charge < -0.3 is 15.1 Å². The molecule has 1 aliphatic carbocycles. The van der Waals surface area contributed by atoms with Gasteiger partial charge in [-0.15, -0.1) is 0 Å². The number of nitrogens with zero attached hydrogens (tertiary/aromatic N) is 5. The number of pyridine rings is 1. The van der Waals surface area contributed by atoms with E-state index in [-0.39, 0.29) is 31.5 Å². The molecule has 4 rings (SSSR count). The highest BCUT2D eigenvalue weighted by molar-refractivity contribution is 5.79. The van der Waals surface area contributed by atoms with E-state index in [1.807, 2.05) is 12.1 Å². The average Bonchev–Trinajstić information content (AvgIpc) is 3.00. The molecule has 0 radical (unpaired) electrons. The summed E-state index contributed by atoms with van der Waals surface area (Å²) in [6.07, 6.45) is 0.592. The molecule has 26 heavy (non-hydrogen) atoms. The van der Waals surface area contributed by atoms with Crippen LogP contribution in [-0.2, 0) is 4.79 Å². The number of aromatic nitrogens is 1. The maximum Gasteiger partial charge on any atom is 0.237 e. The van der Waals surface area contributed by atoms with Gasteiger partial charge in [-0.2, -0.15) is 10.5 Å². The first-order valence-electron chi connectivity index (χ1n) is 8.78. The molecule has 1 amide bonds. The summed E-state index contributed by atoms with van der Waals surface area (Å²) < 4.78 is 13.4. The second-order valence-corrected chi connectivity index (χ2v) is 7.18. The van der Waals surface area contributed by atoms with Crippen molar-refractivity contribution in [2.75, 3.05) is 31.1 Å². The van der Waals surface area contributed by atoms with E-state index in [0.717, 1.165) is 18.9 Å². The third-order valence-corrected chi connectivity index (χ3v) is 5.60. The fourth-order valence-corrected chi connectivity index (χ4v) is 4.14. The van der Waals surface area contributed by atoms with Gasteiger partial charge in [0.2, 0.25) is 5.91 Å². The Bertz CT molecular complexity index is 772. The number of alkyl halides is 1. The van der Waals surface area contributed by atoms with Gasteiger partial charge in [-0.05, 0) is 24.0 Å². The Morgan fingerprint density at radius 2 is 2.08 bits per heavy atom. The van der Waals surface area contributed by atoms with Crippen molar-refractivity contribution < 1.29 is 9.18 Å². The molecule has 2 unspecified atom stereocenters. The van der Waals surface area contributed by atoms with Crippen LogP contribution in [0.3, 0.4) is 0 Å². The zero-order valence-corrected chi connectivity index (χ0v) is 14.2. The summed E-state index contributed by atoms with van der Waals surface area (Å²) in [5, 5.41) is 21.1. The van der Waals surface area contributed by atoms with Crippen molar-refractivity contribution in [3.8, 4) is 12.1 Å². The summed E-state index contributed by atoms with van der Waals surface area (Å²) in [5.41, 5.74) is 0.546. The van der Waals surface area contributed by atoms with Crippen LogP contribution >= 0.6 is 0 Å². The van der Waals surface area contributed by atoms with Crippen LogP contribution in [0, 0.1) is 34.5 Å². The Morgan fingerprint density at radius 3 is 2.69 bits per heavy atom. The molecule has 0 spiro atoms. The van der Waals surface area contributed by atoms with E-state index in [1.54, 1.807) is 12.3 Å². The van der Waals surface area contributed by atoms with E-state index in [9.17, 15) is 9.18 Å². The standard InChI is InChI=1S/C18H19FN6O/c19-12-3-13(5-21)25(8-12)17(26)7-23-18-14-9-24(10-15(14)18)16-2-1-11(4-20)6-22-16/h1-2,6,12-15,18,23H,3,7-10H2/t12-,13-,14?,15?,18?/m0/s1. The molecule has 0 bridgehead atoms. The normalized spacial score (nSPS) is 32.0. The first kappa shape index (κ1) is 16.7. The lowest BCUT2D eigenvalue weighted by Gasteiger charge is -2.22. The Labute approximate surface area is 151 Å². The number of nitrogens with one attached hydrogen (secondary N) is 1. The van der Waals surface area contributed by atoms with Crippen molar-refractivity contribution in [3.63, 3.8) is 0 Å². The molecule has 1 N–H and O–H groups in total. The van der Waals surface area contributed by atoms with Crippen LogP contribution in [0.1, 0.15) is 12.0 Å². The van der Waals surface area contributed by atoms with E-state index in [2.05, 4.69) is 21.3 Å². The predicted molar refractivity (Wildman–Crippen MR) is 90.6 cm³/mol. The van der Waals surface area contributed by atoms with Gasteiger partial charge >= 0.3 is 0 Å². The topological polar surface area (TPSA) is 96.0 Å². The van der Waals surface area contributed by atoms with Crippen molar-refractivity contribution in [1.29, 1.82) is 10.5 Å². The molecular formula is C18H19FN6O. The fraction of sp³-hybridized carbons (Fsp3) is 0.556. The Hall–Kier alpha value is -2.71. The maximum atomic E-state index is 13.4. The Kier molecular flexibility index (Phi) is 4.21. The van der Waals surface area contributed by atoms with Crippen LogP contribution in [0.25, 0.3) is 0 Å². The number of halogens is 1. The van der Waals surface area contributed by atoms with Crippen molar-refractivity contribution >= 4 is 11.7 Å². The monoisotopic (exact) mass is 354 g/mol. The summed E-state index contributed by atoms with van der Waals surface area (Å²) in [6.45, 7) is 1.91. The molecule has 2 saturated heterocycles. The SMILES string of the molecule is N#Cc1ccc(N2CC3C(C2)C3NCC(=O)N2C[C@@H](F)C[C@H]2C#N)nc1. The van der Waals surface area contributed by atoms with Gasteiger partial charge in [0, 0.05) is 31.7 Å². The maximum absolute atomic E-state index is 13.4. The molecule has 8 heteroatoms. The molecule has 3 aliphatic rings. The second kappa shape index (κ2) is 6.54. The fourth-order valence-electron chi connectivity index (χ4n) is 4.14. The summed E-state index contributed by atoms with van der Waals surface area (Å²) in [4.78, 5) is 20.1. The molecule has 0 aromatic carbocycles. The van der Waals surface area contributed by atoms with E-state index in [0.29, 0.717) is 17.4 Å². The van der Waals surface area contributed by atoms with Crippen LogP contribution in [0.4, 0.5) is 10.2 Å². The van der Waals surface area contributed by atoms with Crippen molar-refractivity contribution in [2.24, 2.45) is 11.8 Å². The van der Waals surface area contributed by atoms with E-state index in [4.69, 9.17) is 10.5 Å². The molecule has 4 atom stereocenters. The highest BCUT2D eigenvalue weighted by atomic mass is 19.1. The largest absolute Gasteiger partial charge is 0.356 e. The summed E-state index contributed by atoms with van der Waals surface area (Å²) in [6, 6.07) is 7.33. The lowest BCUT2D eigenvalue weighted by molar-refractivity contribution is -0.130. The van der Waals surface area contributed by atoms with Gasteiger partial charge in [0.15, 0.2) is 0 Å². The highest BCUT2D eigenvalue weighted by Crippen LogP contribution is 2.46. The van der Waals surface area contributed by atoms with Gasteiger partial charge in [-0.1, -0.05) is 0 Å². The zero-order chi connectivity index (χ0) is 18.3. The van der Waals surface area contributed by atoms with E-state index >= 15 is 0 Å². The van der Waals surface area contributed by atoms with Crippen LogP contribution in [0.15, 0.2) is 18.3 Å². The highest BCUT2D eigenvalue weighted by Gasteiger charge is 2.56. The number of nitriles is 2. The van der Waals surface area contributed by atoms with Crippen molar-refractivity contribution in [1.82, 2.24) is 15.2 Å². The lowest BCUT2D eigenvalue weighted by atomic mass is 10.2. The first-order valence-corrected chi connectivity index (χ1v) is 8.78. The van der Waals surface area contributed by atoms with Crippen molar-refractivity contribution in [3.05, 3.63) is 23.9 Å². The molecule has 134 valence electrons. The molecule has 1 aromatic rings. The molecule has 3 fully saturated rings. The number of carbonyl (C=O) groups is 1. The summed E-state index contributed by atoms with van der Waals surface area (Å²) >= 11 is 0. The van der Waals surface area contributed by atoms with E-state index in [1.165, 1.54) is 4.90 Å². The smallest absolute Gasteiger partial charge is 0.237 e. The molecule has 1 aromatic heterocycles. The van der Waals surface area contributed by atoms with Gasteiger partial charge in [0.05, 0.1) is 24.7 Å². The number of hydrogen-bond donors (Lipinski definition) is 1. The van der Waals surface area contributed by atoms with Crippen LogP contribution < -0.4 is 10.2 Å². The minimum atomic E-state index is -1.10. The summed E-state index contributed by atoms with van der Waals surface area (Å²) in [7, 11) is 0. The van der Waals surface area contributed by atoms with Gasteiger partial charge in [0.1, 0.15) is 24.1 Å². The third-order valence-electron chi connectivity index (χ3n) is 5.60. The van der Waals surface area contributed by atoms with Crippen LogP contribution in [0.5, 0.6) is 0 Å². The minimum Gasteiger partial charge on any atom is -0.356 e. The molecule has 7 nitrogen and oxygen atoms in total. The number of piperidine rings is 1. The number of rotatable bonds is 4. The minimum absolute atomic E-state index is 0.0222. The summed E-state index contributed by atoms with van der Waals surface area (Å²) in [5.74, 6) is 1.61. The van der Waals surface area contributed by atoms with Crippen molar-refractivity contribution in [2.45, 2.75) is 24.7 Å². The molecular weight excluding hydrogens is 335 g/mol. The number of carbonyl (C=O) groups excluding carboxylic acids is 1. The molecule has 2 aliphatic heterocycles. The Balaban J connectivity index is 1.25. The first-order chi connectivity index (χ1) is 12.6. The van der Waals surface area contributed by atoms with Gasteiger partial charge in [-0.25, -0.2) is 9.37 Å². The van der Waals surface area contributed by atoms with Crippen LogP contribution in [-0.4, -0.2) is 60.2 Å². The van der Waals surface area contributed by atoms with Gasteiger partial charge in [-0.3, -0.25) is 4.79 Å². The van der Waals surface area contributed by atoms with Crippen LogP contribution in [0.2, 0.25) is 0 Å². The Morgan fingerprint density at radius 1 is 1.31 bits per heavy atom. The number of hydrogen-bond acceptors (Lipinski definition) is 6. The second-order valence-electron chi connectivity index (χ2n) is 7.18. The zero-order valence-electron chi connectivity index (χ0n) is 14.2. The average molecular weight is 354 g/mol. The quantitative estimate of drug-likeness (QED) is 0.843. The predicted octanol–water partition coefficient (Wildman–Crippen LogP) is 0.440. The van der Waals surface area contributed by atoms with Gasteiger partial charge in [0.25, 0.3) is 0 Å².